The summed E-state index contributed by atoms with van der Waals surface area (Å²) < 4.78 is 3.18. The Morgan fingerprint density at radius 1 is 0.875 bits per heavy atom. The van der Waals surface area contributed by atoms with Crippen LogP contribution in [0.5, 0.6) is 0 Å². The van der Waals surface area contributed by atoms with Gasteiger partial charge in [0, 0.05) is 10.0 Å². The Bertz CT molecular complexity index is 1490. The van der Waals surface area contributed by atoms with Crippen LogP contribution in [0.1, 0.15) is 22.7 Å². The van der Waals surface area contributed by atoms with Crippen molar-refractivity contribution in [3.63, 3.8) is 0 Å². The van der Waals surface area contributed by atoms with Crippen LogP contribution in [-0.4, -0.2) is 10.3 Å². The first-order chi connectivity index (χ1) is 15.7. The second-order valence-electron chi connectivity index (χ2n) is 7.27. The lowest BCUT2D eigenvalue weighted by Gasteiger charge is -2.22. The first-order valence-corrected chi connectivity index (χ1v) is 11.7. The highest BCUT2D eigenvalue weighted by Crippen LogP contribution is 2.24. The van der Waals surface area contributed by atoms with Crippen LogP contribution in [-0.2, 0) is 0 Å². The van der Waals surface area contributed by atoms with Gasteiger partial charge in [-0.15, -0.1) is 10.2 Å². The Morgan fingerprint density at radius 2 is 1.50 bits per heavy atom. The molecule has 4 aromatic rings. The molecule has 32 heavy (non-hydrogen) atoms. The summed E-state index contributed by atoms with van der Waals surface area (Å²) in [6.07, 6.45) is 3.84. The van der Waals surface area contributed by atoms with Crippen LogP contribution < -0.4 is 14.9 Å². The molecule has 0 N–H and O–H groups in total. The highest BCUT2D eigenvalue weighted by atomic mass is 79.9. The quantitative estimate of drug-likeness (QED) is 0.399. The van der Waals surface area contributed by atoms with E-state index >= 15 is 0 Å². The predicted octanol–water partition coefficient (Wildman–Crippen LogP) is 4.75. The highest BCUT2D eigenvalue weighted by Gasteiger charge is 2.28. The van der Waals surface area contributed by atoms with Crippen molar-refractivity contribution in [1.29, 1.82) is 0 Å². The van der Waals surface area contributed by atoms with Gasteiger partial charge in [0.2, 0.25) is 4.80 Å². The van der Waals surface area contributed by atoms with Crippen molar-refractivity contribution in [3.8, 4) is 0 Å². The molecule has 5 rings (SSSR count). The molecule has 1 aliphatic heterocycles. The fourth-order valence-electron chi connectivity index (χ4n) is 3.70. The number of halogens is 1. The van der Waals surface area contributed by atoms with Crippen LogP contribution in [0.3, 0.4) is 0 Å². The summed E-state index contributed by atoms with van der Waals surface area (Å²) in [7, 11) is 0. The molecule has 6 heteroatoms. The fraction of sp³-hybridized carbons (Fsp3) is 0.0385. The zero-order chi connectivity index (χ0) is 21.9. The molecule has 1 atom stereocenters. The lowest BCUT2D eigenvalue weighted by Crippen LogP contribution is -2.40. The van der Waals surface area contributed by atoms with Gasteiger partial charge in [0.1, 0.15) is 6.04 Å². The second kappa shape index (κ2) is 9.02. The summed E-state index contributed by atoms with van der Waals surface area (Å²) in [5.74, 6) is 0. The van der Waals surface area contributed by atoms with Gasteiger partial charge in [-0.2, -0.15) is 0 Å². The lowest BCUT2D eigenvalue weighted by molar-refractivity contribution is 0.657. The van der Waals surface area contributed by atoms with Crippen LogP contribution in [0.4, 0.5) is 0 Å². The number of benzene rings is 3. The normalized spacial score (nSPS) is 16.3. The van der Waals surface area contributed by atoms with E-state index in [0.717, 1.165) is 26.9 Å². The van der Waals surface area contributed by atoms with Crippen molar-refractivity contribution in [1.82, 2.24) is 4.57 Å². The van der Waals surface area contributed by atoms with E-state index in [4.69, 9.17) is 0 Å². The third-order valence-corrected chi connectivity index (χ3v) is 6.59. The molecule has 0 radical (unpaired) electrons. The minimum Gasteiger partial charge on any atom is -0.268 e. The predicted molar refractivity (Wildman–Crippen MR) is 135 cm³/mol. The van der Waals surface area contributed by atoms with E-state index in [1.165, 1.54) is 11.3 Å². The summed E-state index contributed by atoms with van der Waals surface area (Å²) in [6.45, 7) is 0. The maximum atomic E-state index is 13.5. The van der Waals surface area contributed by atoms with Gasteiger partial charge >= 0.3 is 0 Å². The Labute approximate surface area is 197 Å². The number of aromatic nitrogens is 1. The summed E-state index contributed by atoms with van der Waals surface area (Å²) in [5.41, 5.74) is 3.68. The minimum atomic E-state index is -0.339. The average molecular weight is 500 g/mol. The molecule has 0 amide bonds. The maximum absolute atomic E-state index is 13.5. The SMILES string of the molecule is O=c1/c(=C/C(Br)=C/c2ccccc2)sc2n1[C@@H](c1ccccc1)C(c1ccccc1)=NN=2. The zero-order valence-corrected chi connectivity index (χ0v) is 19.3. The number of fused-ring (bicyclic) bond motifs is 1. The maximum Gasteiger partial charge on any atom is 0.271 e. The van der Waals surface area contributed by atoms with Gasteiger partial charge in [-0.05, 0) is 23.3 Å². The molecule has 1 aromatic heterocycles. The summed E-state index contributed by atoms with van der Waals surface area (Å²) in [6, 6.07) is 29.5. The minimum absolute atomic E-state index is 0.0793. The number of allylic oxidation sites excluding steroid dienone is 1. The Morgan fingerprint density at radius 3 is 2.19 bits per heavy atom. The van der Waals surface area contributed by atoms with Crippen LogP contribution in [0.2, 0.25) is 0 Å². The topological polar surface area (TPSA) is 46.7 Å². The summed E-state index contributed by atoms with van der Waals surface area (Å²) in [4.78, 5) is 14.1. The Kier molecular flexibility index (Phi) is 5.79. The van der Waals surface area contributed by atoms with Crippen LogP contribution in [0.25, 0.3) is 12.2 Å². The van der Waals surface area contributed by atoms with Crippen LogP contribution in [0.15, 0.2) is 110 Å². The number of thiazole rings is 1. The third kappa shape index (κ3) is 4.07. The monoisotopic (exact) mass is 499 g/mol. The van der Waals surface area contributed by atoms with Gasteiger partial charge in [-0.1, -0.05) is 118 Å². The van der Waals surface area contributed by atoms with E-state index in [1.54, 1.807) is 4.57 Å². The second-order valence-corrected chi connectivity index (χ2v) is 9.20. The molecule has 1 aliphatic rings. The molecule has 2 heterocycles. The molecule has 0 saturated carbocycles. The molecule has 0 aliphatic carbocycles. The summed E-state index contributed by atoms with van der Waals surface area (Å²) in [5, 5.41) is 8.97. The van der Waals surface area contributed by atoms with E-state index in [2.05, 4.69) is 26.1 Å². The molecule has 0 unspecified atom stereocenters. The van der Waals surface area contributed by atoms with Gasteiger partial charge in [0.15, 0.2) is 0 Å². The number of hydrogen-bond donors (Lipinski definition) is 0. The largest absolute Gasteiger partial charge is 0.271 e. The molecule has 0 spiro atoms. The van der Waals surface area contributed by atoms with Gasteiger partial charge in [0.25, 0.3) is 5.56 Å². The van der Waals surface area contributed by atoms with E-state index in [1.807, 2.05) is 103 Å². The standard InChI is InChI=1S/C26H18BrN3OS/c27-21(16-18-10-4-1-5-11-18)17-22-25(31)30-24(20-14-8-3-9-15-20)23(28-29-26(30)32-22)19-12-6-2-7-13-19/h1-17,24H/b21-16-,22-17-/t24-/m0/s1. The van der Waals surface area contributed by atoms with Crippen molar-refractivity contribution in [2.45, 2.75) is 6.04 Å². The van der Waals surface area contributed by atoms with Crippen molar-refractivity contribution < 1.29 is 0 Å². The molecule has 0 bridgehead atoms. The van der Waals surface area contributed by atoms with Gasteiger partial charge in [-0.25, -0.2) is 0 Å². The van der Waals surface area contributed by atoms with E-state index < -0.39 is 0 Å². The molecular weight excluding hydrogens is 482 g/mol. The Balaban J connectivity index is 1.66. The Hall–Kier alpha value is -3.35. The summed E-state index contributed by atoms with van der Waals surface area (Å²) >= 11 is 4.94. The van der Waals surface area contributed by atoms with Gasteiger partial charge in [0.05, 0.1) is 10.2 Å². The van der Waals surface area contributed by atoms with Gasteiger partial charge < -0.3 is 0 Å². The molecule has 0 fully saturated rings. The average Bonchev–Trinajstić information content (AvgIpc) is 3.15. The van der Waals surface area contributed by atoms with Gasteiger partial charge in [-0.3, -0.25) is 9.36 Å². The first-order valence-electron chi connectivity index (χ1n) is 10.1. The first kappa shape index (κ1) is 20.5. The van der Waals surface area contributed by atoms with Crippen LogP contribution in [0, 0.1) is 0 Å². The molecular formula is C26H18BrN3OS. The zero-order valence-electron chi connectivity index (χ0n) is 16.9. The molecule has 4 nitrogen and oxygen atoms in total. The van der Waals surface area contributed by atoms with E-state index in [0.29, 0.717) is 9.33 Å². The highest BCUT2D eigenvalue weighted by molar-refractivity contribution is 9.12. The number of hydrogen-bond acceptors (Lipinski definition) is 4. The van der Waals surface area contributed by atoms with Crippen molar-refractivity contribution in [2.24, 2.45) is 10.2 Å². The smallest absolute Gasteiger partial charge is 0.268 e. The van der Waals surface area contributed by atoms with Crippen molar-refractivity contribution in [3.05, 3.63) is 132 Å². The fourth-order valence-corrected chi connectivity index (χ4v) is 5.28. The lowest BCUT2D eigenvalue weighted by atomic mass is 9.96. The molecule has 0 saturated heterocycles. The molecule has 3 aromatic carbocycles. The third-order valence-electron chi connectivity index (χ3n) is 5.16. The van der Waals surface area contributed by atoms with Crippen molar-refractivity contribution in [2.75, 3.05) is 0 Å². The van der Waals surface area contributed by atoms with Crippen LogP contribution >= 0.6 is 27.3 Å². The molecule has 156 valence electrons. The number of nitrogens with zero attached hydrogens (tertiary/aromatic N) is 3. The van der Waals surface area contributed by atoms with E-state index in [-0.39, 0.29) is 11.6 Å². The number of rotatable bonds is 4. The van der Waals surface area contributed by atoms with E-state index in [9.17, 15) is 4.79 Å². The van der Waals surface area contributed by atoms with Crippen molar-refractivity contribution >= 4 is 45.1 Å².